The first-order valence-electron chi connectivity index (χ1n) is 13.1. The Labute approximate surface area is 233 Å². The minimum absolute atomic E-state index is 0.0107. The van der Waals surface area contributed by atoms with E-state index in [-0.39, 0.29) is 52.5 Å². The monoisotopic (exact) mass is 611 g/mol. The molecule has 0 radical (unpaired) electrons. The van der Waals surface area contributed by atoms with Crippen LogP contribution in [0.2, 0.25) is 0 Å². The van der Waals surface area contributed by atoms with Crippen molar-refractivity contribution in [1.82, 2.24) is 19.8 Å². The van der Waals surface area contributed by atoms with E-state index < -0.39 is 23.7 Å². The summed E-state index contributed by atoms with van der Waals surface area (Å²) in [5, 5.41) is 5.96. The first-order chi connectivity index (χ1) is 18.3. The summed E-state index contributed by atoms with van der Waals surface area (Å²) in [5.74, 6) is -0.216. The first kappa shape index (κ1) is 29.1. The average Bonchev–Trinajstić information content (AvgIpc) is 2.87. The van der Waals surface area contributed by atoms with E-state index in [1.165, 1.54) is 17.0 Å². The van der Waals surface area contributed by atoms with Gasteiger partial charge < -0.3 is 15.5 Å². The lowest BCUT2D eigenvalue weighted by Gasteiger charge is -2.36. The fourth-order valence-corrected chi connectivity index (χ4v) is 5.96. The molecule has 0 bridgehead atoms. The van der Waals surface area contributed by atoms with E-state index in [4.69, 9.17) is 4.98 Å². The number of alkyl halides is 3. The van der Waals surface area contributed by atoms with Crippen LogP contribution in [0.4, 0.5) is 19.1 Å². The average molecular weight is 612 g/mol. The predicted octanol–water partition coefficient (Wildman–Crippen LogP) is 4.91. The highest BCUT2D eigenvalue weighted by Gasteiger charge is 2.37. The van der Waals surface area contributed by atoms with E-state index in [2.05, 4.69) is 26.6 Å². The second-order valence-corrected chi connectivity index (χ2v) is 11.5. The van der Waals surface area contributed by atoms with Crippen LogP contribution in [0.3, 0.4) is 0 Å². The molecule has 2 heterocycles. The van der Waals surface area contributed by atoms with Gasteiger partial charge in [0.2, 0.25) is 11.9 Å². The summed E-state index contributed by atoms with van der Waals surface area (Å²) in [7, 11) is 1.62. The van der Waals surface area contributed by atoms with E-state index in [0.29, 0.717) is 42.9 Å². The number of fused-ring (bicyclic) bond motifs is 1. The van der Waals surface area contributed by atoms with Gasteiger partial charge in [-0.05, 0) is 71.1 Å². The molecule has 1 saturated carbocycles. The molecule has 2 aliphatic rings. The minimum atomic E-state index is -4.61. The van der Waals surface area contributed by atoms with Crippen molar-refractivity contribution in [2.45, 2.75) is 83.7 Å². The Morgan fingerprint density at radius 1 is 1.15 bits per heavy atom. The lowest BCUT2D eigenvalue weighted by Crippen LogP contribution is -2.47. The fourth-order valence-electron chi connectivity index (χ4n) is 5.49. The van der Waals surface area contributed by atoms with Crippen LogP contribution < -0.4 is 16.2 Å². The normalized spacial score (nSPS) is 21.5. The second-order valence-electron chi connectivity index (χ2n) is 10.6. The Morgan fingerprint density at radius 3 is 2.41 bits per heavy atom. The molecule has 1 fully saturated rings. The van der Waals surface area contributed by atoms with Crippen LogP contribution in [-0.2, 0) is 23.9 Å². The van der Waals surface area contributed by atoms with E-state index in [1.807, 2.05) is 13.8 Å². The molecule has 1 aliphatic heterocycles. The van der Waals surface area contributed by atoms with Gasteiger partial charge in [0.1, 0.15) is 0 Å². The van der Waals surface area contributed by atoms with Gasteiger partial charge in [-0.3, -0.25) is 19.0 Å². The maximum atomic E-state index is 13.8. The van der Waals surface area contributed by atoms with Crippen molar-refractivity contribution in [1.29, 1.82) is 0 Å². The molecule has 0 unspecified atom stereocenters. The number of rotatable bonds is 5. The number of aromatic nitrogens is 2. The van der Waals surface area contributed by atoms with Crippen LogP contribution in [0.1, 0.15) is 79.7 Å². The smallest absolute Gasteiger partial charge is 0.359 e. The summed E-state index contributed by atoms with van der Waals surface area (Å²) in [6.07, 6.45) is -1.71. The lowest BCUT2D eigenvalue weighted by atomic mass is 9.85. The summed E-state index contributed by atoms with van der Waals surface area (Å²) in [6, 6.07) is 2.87. The lowest BCUT2D eigenvalue weighted by molar-refractivity contribution is -0.138. The summed E-state index contributed by atoms with van der Waals surface area (Å²) in [5.41, 5.74) is -0.218. The standard InChI is InChI=1S/C27H33BrF3N5O3/c1-14(2)33-26-34-22-13-35(24(38)17-7-10-21(28)20(12-17)27(29,30)31)15(3)11-19(22)25(39)36(26)18-8-5-16(6-9-18)23(37)32-4/h7,10,12,14-16,18H,5-6,8-9,11,13H2,1-4H3,(H,32,37)(H,33,34)/t15-,16-,18-/m1/s1. The van der Waals surface area contributed by atoms with Crippen LogP contribution in [0.15, 0.2) is 27.5 Å². The molecule has 1 aliphatic carbocycles. The number of nitrogens with one attached hydrogen (secondary N) is 2. The molecule has 39 heavy (non-hydrogen) atoms. The van der Waals surface area contributed by atoms with Gasteiger partial charge in [0, 0.05) is 46.7 Å². The largest absolute Gasteiger partial charge is 0.417 e. The molecule has 0 saturated heterocycles. The van der Waals surface area contributed by atoms with E-state index in [1.54, 1.807) is 18.5 Å². The SMILES string of the molecule is CNC(=O)[C@H]1CC[C@H](n2c(NC(C)C)nc3c(c2=O)C[C@@H](C)N(C(=O)c2ccc(Br)c(C(F)(F)F)c2)C3)CC1. The number of anilines is 1. The highest BCUT2D eigenvalue weighted by Crippen LogP contribution is 2.37. The second kappa shape index (κ2) is 11.3. The Morgan fingerprint density at radius 2 is 1.82 bits per heavy atom. The predicted molar refractivity (Wildman–Crippen MR) is 145 cm³/mol. The minimum Gasteiger partial charge on any atom is -0.359 e. The van der Waals surface area contributed by atoms with Gasteiger partial charge in [0.15, 0.2) is 0 Å². The highest BCUT2D eigenvalue weighted by molar-refractivity contribution is 9.10. The van der Waals surface area contributed by atoms with Gasteiger partial charge in [-0.15, -0.1) is 0 Å². The number of halogens is 4. The van der Waals surface area contributed by atoms with Crippen molar-refractivity contribution in [3.63, 3.8) is 0 Å². The van der Waals surface area contributed by atoms with Gasteiger partial charge >= 0.3 is 6.18 Å². The maximum Gasteiger partial charge on any atom is 0.417 e. The Balaban J connectivity index is 1.67. The number of nitrogens with zero attached hydrogens (tertiary/aromatic N) is 3. The Hall–Kier alpha value is -2.89. The quantitative estimate of drug-likeness (QED) is 0.501. The van der Waals surface area contributed by atoms with Gasteiger partial charge in [-0.1, -0.05) is 15.9 Å². The third-order valence-electron chi connectivity index (χ3n) is 7.52. The molecule has 1 aromatic carbocycles. The summed E-state index contributed by atoms with van der Waals surface area (Å²) < 4.78 is 41.9. The number of hydrogen-bond acceptors (Lipinski definition) is 5. The van der Waals surface area contributed by atoms with E-state index in [9.17, 15) is 27.6 Å². The molecule has 1 aromatic heterocycles. The molecule has 8 nitrogen and oxygen atoms in total. The molecular formula is C27H33BrF3N5O3. The zero-order chi connectivity index (χ0) is 28.6. The van der Waals surface area contributed by atoms with Crippen LogP contribution >= 0.6 is 15.9 Å². The third kappa shape index (κ3) is 6.00. The summed E-state index contributed by atoms with van der Waals surface area (Å²) >= 11 is 2.91. The van der Waals surface area contributed by atoms with Crippen LogP contribution in [0.25, 0.3) is 0 Å². The van der Waals surface area contributed by atoms with Crippen molar-refractivity contribution in [3.05, 3.63) is 55.4 Å². The van der Waals surface area contributed by atoms with Gasteiger partial charge in [-0.25, -0.2) is 4.98 Å². The summed E-state index contributed by atoms with van der Waals surface area (Å²) in [4.78, 5) is 45.6. The molecule has 1 atom stereocenters. The molecule has 12 heteroatoms. The fraction of sp³-hybridized carbons (Fsp3) is 0.556. The van der Waals surface area contributed by atoms with Crippen molar-refractivity contribution >= 4 is 33.7 Å². The zero-order valence-corrected chi connectivity index (χ0v) is 23.9. The van der Waals surface area contributed by atoms with Crippen LogP contribution in [-0.4, -0.2) is 45.4 Å². The van der Waals surface area contributed by atoms with Gasteiger partial charge in [-0.2, -0.15) is 13.2 Å². The molecule has 4 rings (SSSR count). The summed E-state index contributed by atoms with van der Waals surface area (Å²) in [6.45, 7) is 5.66. The number of carbonyl (C=O) groups excluding carboxylic acids is 2. The number of benzene rings is 1. The number of hydrogen-bond donors (Lipinski definition) is 2. The molecule has 212 valence electrons. The Bertz CT molecular complexity index is 1320. The molecule has 2 N–H and O–H groups in total. The Kier molecular flexibility index (Phi) is 8.44. The van der Waals surface area contributed by atoms with E-state index >= 15 is 0 Å². The van der Waals surface area contributed by atoms with Gasteiger partial charge in [0.25, 0.3) is 11.5 Å². The number of amides is 2. The topological polar surface area (TPSA) is 96.3 Å². The molecule has 2 aromatic rings. The van der Waals surface area contributed by atoms with E-state index in [0.717, 1.165) is 6.07 Å². The maximum absolute atomic E-state index is 13.8. The molecule has 0 spiro atoms. The van der Waals surface area contributed by atoms with Crippen LogP contribution in [0.5, 0.6) is 0 Å². The van der Waals surface area contributed by atoms with Crippen molar-refractivity contribution in [3.8, 4) is 0 Å². The first-order valence-corrected chi connectivity index (χ1v) is 13.9. The van der Waals surface area contributed by atoms with Crippen molar-refractivity contribution < 1.29 is 22.8 Å². The molecule has 2 amide bonds. The van der Waals surface area contributed by atoms with Crippen molar-refractivity contribution in [2.24, 2.45) is 5.92 Å². The third-order valence-corrected chi connectivity index (χ3v) is 8.21. The zero-order valence-electron chi connectivity index (χ0n) is 22.4. The van der Waals surface area contributed by atoms with Gasteiger partial charge in [0.05, 0.1) is 17.8 Å². The van der Waals surface area contributed by atoms with Crippen molar-refractivity contribution in [2.75, 3.05) is 12.4 Å². The van der Waals surface area contributed by atoms with Crippen LogP contribution in [0, 0.1) is 5.92 Å². The molecular weight excluding hydrogens is 579 g/mol. The number of carbonyl (C=O) groups is 2. The highest BCUT2D eigenvalue weighted by atomic mass is 79.9.